The van der Waals surface area contributed by atoms with Gasteiger partial charge in [-0.15, -0.1) is 6.58 Å². The minimum atomic E-state index is 0.427. The highest BCUT2D eigenvalue weighted by atomic mass is 16.5. The van der Waals surface area contributed by atoms with E-state index in [1.807, 2.05) is 19.1 Å². The number of aryl methyl sites for hydroxylation is 1. The Hall–Kier alpha value is -1.83. The van der Waals surface area contributed by atoms with Crippen molar-refractivity contribution >= 4 is 6.29 Å². The maximum Gasteiger partial charge on any atom is 0.153 e. The van der Waals surface area contributed by atoms with Crippen molar-refractivity contribution in [1.82, 2.24) is 0 Å². The molecule has 0 amide bonds. The molecule has 0 saturated carbocycles. The van der Waals surface area contributed by atoms with Crippen LogP contribution in [0.1, 0.15) is 35.3 Å². The van der Waals surface area contributed by atoms with Gasteiger partial charge in [-0.05, 0) is 42.5 Å². The SMILES string of the molecule is C=CCc1cc(CC)cc(C=O)c1OCC(=C)C. The second-order valence-electron chi connectivity index (χ2n) is 4.38. The number of carbonyl (C=O) groups excluding carboxylic acids is 1. The summed E-state index contributed by atoms with van der Waals surface area (Å²) in [6, 6.07) is 3.95. The molecular weight excluding hydrogens is 224 g/mol. The first-order valence-corrected chi connectivity index (χ1v) is 6.11. The van der Waals surface area contributed by atoms with Gasteiger partial charge in [0.05, 0.1) is 5.56 Å². The molecule has 0 atom stereocenters. The van der Waals surface area contributed by atoms with Gasteiger partial charge in [0.15, 0.2) is 6.29 Å². The largest absolute Gasteiger partial charge is 0.488 e. The van der Waals surface area contributed by atoms with Crippen molar-refractivity contribution in [3.05, 3.63) is 53.6 Å². The zero-order valence-corrected chi connectivity index (χ0v) is 11.2. The summed E-state index contributed by atoms with van der Waals surface area (Å²) < 4.78 is 5.69. The molecule has 0 radical (unpaired) electrons. The van der Waals surface area contributed by atoms with Crippen LogP contribution in [0.25, 0.3) is 0 Å². The van der Waals surface area contributed by atoms with Gasteiger partial charge < -0.3 is 4.74 Å². The van der Waals surface area contributed by atoms with Gasteiger partial charge in [-0.2, -0.15) is 0 Å². The number of carbonyl (C=O) groups is 1. The van der Waals surface area contributed by atoms with E-state index in [0.717, 1.165) is 29.4 Å². The minimum Gasteiger partial charge on any atom is -0.488 e. The highest BCUT2D eigenvalue weighted by molar-refractivity contribution is 5.81. The molecule has 0 aliphatic carbocycles. The van der Waals surface area contributed by atoms with Crippen molar-refractivity contribution in [1.29, 1.82) is 0 Å². The second kappa shape index (κ2) is 6.80. The molecule has 1 rings (SSSR count). The highest BCUT2D eigenvalue weighted by Gasteiger charge is 2.11. The molecule has 0 spiro atoms. The maximum absolute atomic E-state index is 11.2. The number of rotatable bonds is 7. The van der Waals surface area contributed by atoms with Crippen LogP contribution in [0.2, 0.25) is 0 Å². The van der Waals surface area contributed by atoms with E-state index in [1.165, 1.54) is 0 Å². The quantitative estimate of drug-likeness (QED) is 0.539. The summed E-state index contributed by atoms with van der Waals surface area (Å²) in [6.07, 6.45) is 4.25. The number of allylic oxidation sites excluding steroid dienone is 1. The lowest BCUT2D eigenvalue weighted by atomic mass is 10.0. The Bertz CT molecular complexity index is 458. The summed E-state index contributed by atoms with van der Waals surface area (Å²) in [5.74, 6) is 0.658. The van der Waals surface area contributed by atoms with Crippen LogP contribution in [0.15, 0.2) is 36.9 Å². The Morgan fingerprint density at radius 1 is 1.44 bits per heavy atom. The zero-order chi connectivity index (χ0) is 13.5. The minimum absolute atomic E-state index is 0.427. The summed E-state index contributed by atoms with van der Waals surface area (Å²) in [4.78, 5) is 11.2. The van der Waals surface area contributed by atoms with Crippen molar-refractivity contribution in [2.45, 2.75) is 26.7 Å². The molecule has 0 aliphatic rings. The molecule has 18 heavy (non-hydrogen) atoms. The van der Waals surface area contributed by atoms with Crippen LogP contribution < -0.4 is 4.74 Å². The molecule has 0 heterocycles. The molecule has 1 aromatic carbocycles. The predicted molar refractivity (Wildman–Crippen MR) is 75.4 cm³/mol. The van der Waals surface area contributed by atoms with E-state index in [2.05, 4.69) is 26.1 Å². The van der Waals surface area contributed by atoms with Gasteiger partial charge in [0.2, 0.25) is 0 Å². The fourth-order valence-corrected chi connectivity index (χ4v) is 1.75. The standard InChI is InChI=1S/C16H20O2/c1-5-7-14-8-13(6-2)9-15(10-17)16(14)18-11-12(3)4/h5,8-10H,1,3,6-7,11H2,2,4H3. The molecule has 1 aromatic rings. The molecule has 0 unspecified atom stereocenters. The lowest BCUT2D eigenvalue weighted by molar-refractivity contribution is 0.111. The van der Waals surface area contributed by atoms with Crippen molar-refractivity contribution in [3.63, 3.8) is 0 Å². The fraction of sp³-hybridized carbons (Fsp3) is 0.312. The van der Waals surface area contributed by atoms with Gasteiger partial charge in [0.1, 0.15) is 12.4 Å². The normalized spacial score (nSPS) is 9.89. The van der Waals surface area contributed by atoms with Crippen LogP contribution in [0.4, 0.5) is 0 Å². The number of hydrogen-bond donors (Lipinski definition) is 0. The van der Waals surface area contributed by atoms with Crippen LogP contribution in [0.5, 0.6) is 5.75 Å². The van der Waals surface area contributed by atoms with Crippen LogP contribution in [-0.2, 0) is 12.8 Å². The average Bonchev–Trinajstić information content (AvgIpc) is 2.36. The lowest BCUT2D eigenvalue weighted by Crippen LogP contribution is -2.04. The molecule has 0 bridgehead atoms. The van der Waals surface area contributed by atoms with E-state index in [1.54, 1.807) is 0 Å². The summed E-state index contributed by atoms with van der Waals surface area (Å²) >= 11 is 0. The molecule has 0 aromatic heterocycles. The van der Waals surface area contributed by atoms with E-state index in [9.17, 15) is 4.79 Å². The van der Waals surface area contributed by atoms with Gasteiger partial charge in [-0.3, -0.25) is 4.79 Å². The highest BCUT2D eigenvalue weighted by Crippen LogP contribution is 2.26. The van der Waals surface area contributed by atoms with Crippen LogP contribution >= 0.6 is 0 Å². The number of aldehydes is 1. The van der Waals surface area contributed by atoms with Crippen LogP contribution in [0, 0.1) is 0 Å². The van der Waals surface area contributed by atoms with Gasteiger partial charge in [-0.1, -0.05) is 25.6 Å². The molecule has 0 saturated heterocycles. The summed E-state index contributed by atoms with van der Waals surface area (Å²) in [5, 5.41) is 0. The zero-order valence-electron chi connectivity index (χ0n) is 11.2. The molecule has 2 heteroatoms. The van der Waals surface area contributed by atoms with E-state index in [-0.39, 0.29) is 0 Å². The number of benzene rings is 1. The first-order valence-electron chi connectivity index (χ1n) is 6.11. The van der Waals surface area contributed by atoms with Crippen molar-refractivity contribution in [2.75, 3.05) is 6.61 Å². The topological polar surface area (TPSA) is 26.3 Å². The lowest BCUT2D eigenvalue weighted by Gasteiger charge is -2.14. The van der Waals surface area contributed by atoms with E-state index < -0.39 is 0 Å². The van der Waals surface area contributed by atoms with Gasteiger partial charge in [0, 0.05) is 0 Å². The Morgan fingerprint density at radius 2 is 2.17 bits per heavy atom. The monoisotopic (exact) mass is 244 g/mol. The summed E-state index contributed by atoms with van der Waals surface area (Å²) in [5.41, 5.74) is 3.67. The first kappa shape index (κ1) is 14.2. The van der Waals surface area contributed by atoms with E-state index >= 15 is 0 Å². The second-order valence-corrected chi connectivity index (χ2v) is 4.38. The summed E-state index contributed by atoms with van der Waals surface area (Å²) in [6.45, 7) is 11.9. The molecular formula is C16H20O2. The van der Waals surface area contributed by atoms with Crippen LogP contribution in [0.3, 0.4) is 0 Å². The Labute approximate surface area is 109 Å². The molecule has 0 fully saturated rings. The van der Waals surface area contributed by atoms with Crippen molar-refractivity contribution < 1.29 is 9.53 Å². The first-order chi connectivity index (χ1) is 8.62. The number of ether oxygens (including phenoxy) is 1. The third kappa shape index (κ3) is 3.59. The third-order valence-corrected chi connectivity index (χ3v) is 2.62. The average molecular weight is 244 g/mol. The van der Waals surface area contributed by atoms with Gasteiger partial charge in [0.25, 0.3) is 0 Å². The Morgan fingerprint density at radius 3 is 2.67 bits per heavy atom. The van der Waals surface area contributed by atoms with E-state index in [0.29, 0.717) is 24.3 Å². The molecule has 2 nitrogen and oxygen atoms in total. The van der Waals surface area contributed by atoms with Gasteiger partial charge >= 0.3 is 0 Å². The smallest absolute Gasteiger partial charge is 0.153 e. The van der Waals surface area contributed by atoms with Crippen molar-refractivity contribution in [2.24, 2.45) is 0 Å². The summed E-state index contributed by atoms with van der Waals surface area (Å²) in [7, 11) is 0. The van der Waals surface area contributed by atoms with Gasteiger partial charge in [-0.25, -0.2) is 0 Å². The van der Waals surface area contributed by atoms with Crippen molar-refractivity contribution in [3.8, 4) is 5.75 Å². The molecule has 96 valence electrons. The number of hydrogen-bond acceptors (Lipinski definition) is 2. The molecule has 0 N–H and O–H groups in total. The van der Waals surface area contributed by atoms with E-state index in [4.69, 9.17) is 4.74 Å². The molecule has 0 aliphatic heterocycles. The van der Waals surface area contributed by atoms with Crippen LogP contribution in [-0.4, -0.2) is 12.9 Å². The third-order valence-electron chi connectivity index (χ3n) is 2.62. The predicted octanol–water partition coefficient (Wildman–Crippen LogP) is 3.74. The Balaban J connectivity index is 3.19. The Kier molecular flexibility index (Phi) is 5.37. The maximum atomic E-state index is 11.2. The fourth-order valence-electron chi connectivity index (χ4n) is 1.75.